The second kappa shape index (κ2) is 8.46. The van der Waals surface area contributed by atoms with Crippen LogP contribution in [0.3, 0.4) is 0 Å². The van der Waals surface area contributed by atoms with E-state index in [1.807, 2.05) is 11.6 Å². The van der Waals surface area contributed by atoms with Crippen LogP contribution in [0.15, 0.2) is 53.1 Å². The Bertz CT molecular complexity index is 1360. The maximum absolute atomic E-state index is 13.3. The van der Waals surface area contributed by atoms with Crippen LogP contribution in [0.4, 0.5) is 13.2 Å². The lowest BCUT2D eigenvalue weighted by Gasteiger charge is -2.51. The summed E-state index contributed by atoms with van der Waals surface area (Å²) in [4.78, 5) is 4.69. The molecule has 3 fully saturated rings. The van der Waals surface area contributed by atoms with Crippen LogP contribution in [0, 0.1) is 5.82 Å². The molecule has 0 radical (unpaired) electrons. The number of benzene rings is 2. The molecule has 2 heterocycles. The molecule has 7 rings (SSSR count). The number of hydrogen-bond acceptors (Lipinski definition) is 6. The van der Waals surface area contributed by atoms with Crippen molar-refractivity contribution >= 4 is 0 Å². The van der Waals surface area contributed by atoms with Gasteiger partial charge in [0.1, 0.15) is 17.4 Å². The fourth-order valence-corrected chi connectivity index (χ4v) is 5.82. The minimum absolute atomic E-state index is 0.0830. The highest BCUT2D eigenvalue weighted by Crippen LogP contribution is 2.58. The van der Waals surface area contributed by atoms with E-state index in [0.29, 0.717) is 17.5 Å². The number of fused-ring (bicyclic) bond motifs is 3. The molecule has 0 spiro atoms. The molecule has 36 heavy (non-hydrogen) atoms. The molecular formula is C26H24F3N5O2. The third-order valence-corrected chi connectivity index (χ3v) is 7.92. The Balaban J connectivity index is 1.21. The third-order valence-electron chi connectivity index (χ3n) is 7.92. The second-order valence-corrected chi connectivity index (χ2v) is 9.80. The van der Waals surface area contributed by atoms with Gasteiger partial charge in [-0.05, 0) is 87.1 Å². The Hall–Kier alpha value is -3.69. The van der Waals surface area contributed by atoms with Crippen molar-refractivity contribution in [3.63, 3.8) is 0 Å². The molecule has 4 aromatic rings. The van der Waals surface area contributed by atoms with E-state index in [9.17, 15) is 13.2 Å². The molecule has 3 aliphatic carbocycles. The van der Waals surface area contributed by atoms with Crippen LogP contribution in [-0.2, 0) is 17.9 Å². The van der Waals surface area contributed by atoms with Crippen LogP contribution in [0.25, 0.3) is 22.8 Å². The number of halogens is 3. The highest BCUT2D eigenvalue weighted by Gasteiger charge is 2.54. The van der Waals surface area contributed by atoms with E-state index >= 15 is 0 Å². The first-order valence-corrected chi connectivity index (χ1v) is 11.9. The molecule has 0 unspecified atom stereocenters. The molecule has 0 N–H and O–H groups in total. The molecule has 186 valence electrons. The van der Waals surface area contributed by atoms with Gasteiger partial charge in [-0.15, -0.1) is 10.2 Å². The molecule has 3 aliphatic rings. The van der Waals surface area contributed by atoms with Crippen LogP contribution in [0.5, 0.6) is 5.75 Å². The average Bonchev–Trinajstić information content (AvgIpc) is 3.54. The third kappa shape index (κ3) is 3.75. The maximum atomic E-state index is 13.3. The zero-order valence-corrected chi connectivity index (χ0v) is 19.6. The predicted molar refractivity (Wildman–Crippen MR) is 124 cm³/mol. The van der Waals surface area contributed by atoms with Crippen molar-refractivity contribution in [1.82, 2.24) is 24.9 Å². The Morgan fingerprint density at radius 3 is 2.11 bits per heavy atom. The first-order valence-electron chi connectivity index (χ1n) is 11.9. The Kier molecular flexibility index (Phi) is 5.35. The summed E-state index contributed by atoms with van der Waals surface area (Å²) in [5.41, 5.74) is 1.27. The van der Waals surface area contributed by atoms with Gasteiger partial charge >= 0.3 is 6.61 Å². The molecule has 10 heteroatoms. The minimum atomic E-state index is -2.86. The van der Waals surface area contributed by atoms with E-state index < -0.39 is 6.61 Å². The maximum Gasteiger partial charge on any atom is 0.387 e. The monoisotopic (exact) mass is 495 g/mol. The van der Waals surface area contributed by atoms with E-state index in [4.69, 9.17) is 9.51 Å². The van der Waals surface area contributed by atoms with E-state index in [0.717, 1.165) is 55.5 Å². The van der Waals surface area contributed by atoms with Gasteiger partial charge in [0.05, 0.1) is 0 Å². The van der Waals surface area contributed by atoms with Gasteiger partial charge in [0.15, 0.2) is 5.82 Å². The molecule has 2 aromatic carbocycles. The number of hydrogen-bond donors (Lipinski definition) is 0. The van der Waals surface area contributed by atoms with Crippen molar-refractivity contribution in [3.8, 4) is 28.5 Å². The summed E-state index contributed by atoms with van der Waals surface area (Å²) in [6.45, 7) is -2.86. The van der Waals surface area contributed by atoms with Gasteiger partial charge in [-0.25, -0.2) is 4.39 Å². The summed E-state index contributed by atoms with van der Waals surface area (Å²) in [7, 11) is 1.95. The van der Waals surface area contributed by atoms with E-state index in [-0.39, 0.29) is 22.4 Å². The Morgan fingerprint density at radius 2 is 1.47 bits per heavy atom. The molecule has 2 bridgehead atoms. The van der Waals surface area contributed by atoms with E-state index in [2.05, 4.69) is 20.1 Å². The van der Waals surface area contributed by atoms with Gasteiger partial charge in [-0.1, -0.05) is 5.16 Å². The fraction of sp³-hybridized carbons (Fsp3) is 0.385. The molecule has 0 saturated heterocycles. The lowest BCUT2D eigenvalue weighted by atomic mass is 9.53. The normalized spacial score (nSPS) is 23.4. The van der Waals surface area contributed by atoms with Crippen LogP contribution in [0.2, 0.25) is 0 Å². The summed E-state index contributed by atoms with van der Waals surface area (Å²) >= 11 is 0. The number of alkyl halides is 2. The van der Waals surface area contributed by atoms with Gasteiger partial charge in [0, 0.05) is 29.0 Å². The number of rotatable bonds is 6. The average molecular weight is 496 g/mol. The number of aromatic nitrogens is 5. The van der Waals surface area contributed by atoms with Crippen molar-refractivity contribution < 1.29 is 22.4 Å². The zero-order chi connectivity index (χ0) is 24.9. The van der Waals surface area contributed by atoms with E-state index in [1.54, 1.807) is 24.3 Å². The number of ether oxygens (including phenoxy) is 1. The molecular weight excluding hydrogens is 471 g/mol. The van der Waals surface area contributed by atoms with Gasteiger partial charge in [-0.2, -0.15) is 13.8 Å². The van der Waals surface area contributed by atoms with Crippen LogP contribution < -0.4 is 4.74 Å². The SMILES string of the molecule is Cn1c(-c2ccc(OC(F)F)cc2)nnc1C12CCC(c3nc(-c4ccc(F)cc4)no3)(CC1)CC2. The summed E-state index contributed by atoms with van der Waals surface area (Å²) in [6.07, 6.45) is 5.48. The molecule has 7 nitrogen and oxygen atoms in total. The van der Waals surface area contributed by atoms with Crippen molar-refractivity contribution in [1.29, 1.82) is 0 Å². The molecule has 0 aliphatic heterocycles. The van der Waals surface area contributed by atoms with Gasteiger partial charge in [0.2, 0.25) is 11.7 Å². The smallest absolute Gasteiger partial charge is 0.387 e. The molecule has 3 saturated carbocycles. The largest absolute Gasteiger partial charge is 0.435 e. The lowest BCUT2D eigenvalue weighted by Crippen LogP contribution is -2.47. The summed E-state index contributed by atoms with van der Waals surface area (Å²) < 4.78 is 50.4. The lowest BCUT2D eigenvalue weighted by molar-refractivity contribution is -0.0498. The fourth-order valence-electron chi connectivity index (χ4n) is 5.82. The Labute approximate surface area is 205 Å². The van der Waals surface area contributed by atoms with Gasteiger partial charge in [0.25, 0.3) is 0 Å². The van der Waals surface area contributed by atoms with Crippen molar-refractivity contribution in [2.24, 2.45) is 7.05 Å². The first-order chi connectivity index (χ1) is 17.4. The van der Waals surface area contributed by atoms with E-state index in [1.165, 1.54) is 24.3 Å². The van der Waals surface area contributed by atoms with Crippen molar-refractivity contribution in [3.05, 3.63) is 66.1 Å². The minimum Gasteiger partial charge on any atom is -0.435 e. The quantitative estimate of drug-likeness (QED) is 0.336. The standard InChI is InChI=1S/C26H24F3N5O2/c1-34-21(17-4-8-19(9-5-17)35-24(28)29)31-32-22(34)25-10-13-26(14-11-25,15-12-25)23-30-20(33-36-23)16-2-6-18(27)7-3-16/h2-9,24H,10-15H2,1H3. The molecule has 0 amide bonds. The van der Waals surface area contributed by atoms with Gasteiger partial charge < -0.3 is 13.8 Å². The predicted octanol–water partition coefficient (Wildman–Crippen LogP) is 5.82. The molecule has 2 aromatic heterocycles. The second-order valence-electron chi connectivity index (χ2n) is 9.80. The van der Waals surface area contributed by atoms with Crippen LogP contribution >= 0.6 is 0 Å². The molecule has 0 atom stereocenters. The first kappa shape index (κ1) is 22.8. The van der Waals surface area contributed by atoms with Crippen molar-refractivity contribution in [2.45, 2.75) is 56.0 Å². The Morgan fingerprint density at radius 1 is 0.861 bits per heavy atom. The summed E-state index contributed by atoms with van der Waals surface area (Å²) in [5, 5.41) is 13.2. The highest BCUT2D eigenvalue weighted by atomic mass is 19.3. The van der Waals surface area contributed by atoms with Gasteiger partial charge in [-0.3, -0.25) is 0 Å². The summed E-state index contributed by atoms with van der Waals surface area (Å²) in [5.74, 6) is 2.56. The number of nitrogens with zero attached hydrogens (tertiary/aromatic N) is 5. The van der Waals surface area contributed by atoms with Crippen LogP contribution in [0.1, 0.15) is 50.2 Å². The topological polar surface area (TPSA) is 78.9 Å². The summed E-state index contributed by atoms with van der Waals surface area (Å²) in [6, 6.07) is 12.5. The van der Waals surface area contributed by atoms with Crippen LogP contribution in [-0.4, -0.2) is 31.5 Å². The highest BCUT2D eigenvalue weighted by molar-refractivity contribution is 5.57. The van der Waals surface area contributed by atoms with Crippen molar-refractivity contribution in [2.75, 3.05) is 0 Å². The zero-order valence-electron chi connectivity index (χ0n) is 19.6.